The number of amides is 1. The van der Waals surface area contributed by atoms with Crippen molar-refractivity contribution >= 4 is 22.6 Å². The second-order valence-electron chi connectivity index (χ2n) is 8.00. The fourth-order valence-electron chi connectivity index (χ4n) is 3.83. The molecule has 0 radical (unpaired) electrons. The fraction of sp³-hybridized carbons (Fsp3) is 0.0714. The lowest BCUT2D eigenvalue weighted by Gasteiger charge is -2.13. The van der Waals surface area contributed by atoms with Crippen LogP contribution < -0.4 is 15.5 Å². The van der Waals surface area contributed by atoms with E-state index in [4.69, 9.17) is 9.15 Å². The third-order valence-corrected chi connectivity index (χ3v) is 5.62. The SMILES string of the molecule is Cc1cc(Oc2ncccn2)ccc1NC(=O)c1cccc2c(=O)c(C)c(-c3ccccc3)oc12. The average molecular weight is 463 g/mol. The van der Waals surface area contributed by atoms with Gasteiger partial charge in [0.1, 0.15) is 11.5 Å². The van der Waals surface area contributed by atoms with E-state index in [-0.39, 0.29) is 28.5 Å². The lowest BCUT2D eigenvalue weighted by Crippen LogP contribution is -2.15. The van der Waals surface area contributed by atoms with Gasteiger partial charge in [-0.05, 0) is 55.8 Å². The van der Waals surface area contributed by atoms with Crippen LogP contribution in [0.1, 0.15) is 21.5 Å². The molecule has 0 aliphatic heterocycles. The van der Waals surface area contributed by atoms with E-state index in [0.717, 1.165) is 11.1 Å². The smallest absolute Gasteiger partial charge is 0.321 e. The lowest BCUT2D eigenvalue weighted by atomic mass is 10.0. The number of aromatic nitrogens is 2. The summed E-state index contributed by atoms with van der Waals surface area (Å²) in [6, 6.07) is 21.6. The molecule has 35 heavy (non-hydrogen) atoms. The van der Waals surface area contributed by atoms with E-state index >= 15 is 0 Å². The summed E-state index contributed by atoms with van der Waals surface area (Å²) in [7, 11) is 0. The number of benzene rings is 3. The average Bonchev–Trinajstić information content (AvgIpc) is 2.88. The zero-order valence-corrected chi connectivity index (χ0v) is 19.1. The summed E-state index contributed by atoms with van der Waals surface area (Å²) in [4.78, 5) is 34.4. The van der Waals surface area contributed by atoms with Gasteiger partial charge in [0.15, 0.2) is 11.0 Å². The molecular weight excluding hydrogens is 442 g/mol. The van der Waals surface area contributed by atoms with E-state index in [2.05, 4.69) is 15.3 Å². The van der Waals surface area contributed by atoms with Crippen molar-refractivity contribution in [3.8, 4) is 23.1 Å². The number of aryl methyl sites for hydroxylation is 1. The van der Waals surface area contributed by atoms with Crippen LogP contribution in [0, 0.1) is 13.8 Å². The summed E-state index contributed by atoms with van der Waals surface area (Å²) < 4.78 is 11.8. The quantitative estimate of drug-likeness (QED) is 0.348. The predicted molar refractivity (Wildman–Crippen MR) is 134 cm³/mol. The third-order valence-electron chi connectivity index (χ3n) is 5.62. The second kappa shape index (κ2) is 9.23. The van der Waals surface area contributed by atoms with E-state index in [0.29, 0.717) is 28.1 Å². The van der Waals surface area contributed by atoms with Crippen LogP contribution in [0.25, 0.3) is 22.3 Å². The summed E-state index contributed by atoms with van der Waals surface area (Å²) in [5.74, 6) is 0.611. The first-order chi connectivity index (χ1) is 17.0. The summed E-state index contributed by atoms with van der Waals surface area (Å²) in [5.41, 5.74) is 3.01. The number of nitrogens with one attached hydrogen (secondary N) is 1. The van der Waals surface area contributed by atoms with Crippen molar-refractivity contribution in [3.05, 3.63) is 112 Å². The summed E-state index contributed by atoms with van der Waals surface area (Å²) in [5, 5.41) is 3.27. The Bertz CT molecular complexity index is 1600. The lowest BCUT2D eigenvalue weighted by molar-refractivity contribution is 0.102. The highest BCUT2D eigenvalue weighted by Gasteiger charge is 2.19. The minimum atomic E-state index is -0.384. The molecule has 7 heteroatoms. The number of hydrogen-bond acceptors (Lipinski definition) is 6. The van der Waals surface area contributed by atoms with Gasteiger partial charge in [0.05, 0.1) is 10.9 Å². The normalized spacial score (nSPS) is 10.8. The highest BCUT2D eigenvalue weighted by Crippen LogP contribution is 2.29. The van der Waals surface area contributed by atoms with Crippen molar-refractivity contribution in [2.24, 2.45) is 0 Å². The molecule has 0 aliphatic carbocycles. The van der Waals surface area contributed by atoms with Gasteiger partial charge in [-0.1, -0.05) is 36.4 Å². The number of hydrogen-bond donors (Lipinski definition) is 1. The van der Waals surface area contributed by atoms with Crippen molar-refractivity contribution < 1.29 is 13.9 Å². The number of anilines is 1. The molecule has 5 rings (SSSR count). The molecule has 0 spiro atoms. The molecule has 0 fully saturated rings. The molecule has 0 aliphatic rings. The molecule has 0 unspecified atom stereocenters. The summed E-state index contributed by atoms with van der Waals surface area (Å²) in [6.07, 6.45) is 3.19. The molecule has 7 nitrogen and oxygen atoms in total. The van der Waals surface area contributed by atoms with Crippen LogP contribution in [0.5, 0.6) is 11.8 Å². The van der Waals surface area contributed by atoms with Crippen molar-refractivity contribution in [1.29, 1.82) is 0 Å². The van der Waals surface area contributed by atoms with Gasteiger partial charge in [-0.2, -0.15) is 0 Å². The molecule has 0 saturated heterocycles. The molecule has 0 saturated carbocycles. The number of fused-ring (bicyclic) bond motifs is 1. The van der Waals surface area contributed by atoms with Crippen LogP contribution in [0.2, 0.25) is 0 Å². The van der Waals surface area contributed by atoms with Crippen molar-refractivity contribution in [2.45, 2.75) is 13.8 Å². The monoisotopic (exact) mass is 463 g/mol. The highest BCUT2D eigenvalue weighted by molar-refractivity contribution is 6.11. The Balaban J connectivity index is 1.48. The van der Waals surface area contributed by atoms with Crippen molar-refractivity contribution in [3.63, 3.8) is 0 Å². The predicted octanol–water partition coefficient (Wildman–Crippen LogP) is 5.91. The maximum absolute atomic E-state index is 13.3. The third kappa shape index (κ3) is 4.39. The van der Waals surface area contributed by atoms with Gasteiger partial charge in [-0.15, -0.1) is 0 Å². The van der Waals surface area contributed by atoms with Crippen LogP contribution in [0.4, 0.5) is 5.69 Å². The van der Waals surface area contributed by atoms with Crippen LogP contribution in [-0.2, 0) is 0 Å². The standard InChI is InChI=1S/C28H21N3O4/c1-17-16-20(34-28-29-14-7-15-30-28)12-13-23(17)31-27(33)22-11-6-10-21-24(32)18(2)25(35-26(21)22)19-8-4-3-5-9-19/h3-16H,1-2H3,(H,31,33). The van der Waals surface area contributed by atoms with E-state index in [1.807, 2.05) is 37.3 Å². The molecule has 172 valence electrons. The van der Waals surface area contributed by atoms with E-state index < -0.39 is 0 Å². The Morgan fingerprint density at radius 3 is 2.43 bits per heavy atom. The summed E-state index contributed by atoms with van der Waals surface area (Å²) >= 11 is 0. The molecule has 3 aromatic carbocycles. The molecule has 1 N–H and O–H groups in total. The van der Waals surface area contributed by atoms with Gasteiger partial charge in [-0.3, -0.25) is 9.59 Å². The van der Waals surface area contributed by atoms with E-state index in [1.54, 1.807) is 61.8 Å². The Kier molecular flexibility index (Phi) is 5.81. The van der Waals surface area contributed by atoms with Crippen molar-refractivity contribution in [1.82, 2.24) is 9.97 Å². The molecule has 0 bridgehead atoms. The van der Waals surface area contributed by atoms with Gasteiger partial charge < -0.3 is 14.5 Å². The van der Waals surface area contributed by atoms with Crippen LogP contribution in [0.15, 0.2) is 94.4 Å². The fourth-order valence-corrected chi connectivity index (χ4v) is 3.83. The largest absolute Gasteiger partial charge is 0.455 e. The van der Waals surface area contributed by atoms with Gasteiger partial charge in [0.25, 0.3) is 5.91 Å². The Morgan fingerprint density at radius 1 is 0.914 bits per heavy atom. The first kappa shape index (κ1) is 22.0. The number of rotatable bonds is 5. The second-order valence-corrected chi connectivity index (χ2v) is 8.00. The van der Waals surface area contributed by atoms with Gasteiger partial charge in [0, 0.05) is 29.2 Å². The number of para-hydroxylation sites is 1. The summed E-state index contributed by atoms with van der Waals surface area (Å²) in [6.45, 7) is 3.59. The van der Waals surface area contributed by atoms with Crippen LogP contribution in [0.3, 0.4) is 0 Å². The number of carbonyl (C=O) groups is 1. The Labute approximate surface area is 201 Å². The minimum Gasteiger partial charge on any atom is -0.455 e. The van der Waals surface area contributed by atoms with Gasteiger partial charge in [0.2, 0.25) is 0 Å². The number of nitrogens with zero attached hydrogens (tertiary/aromatic N) is 2. The zero-order chi connectivity index (χ0) is 24.4. The highest BCUT2D eigenvalue weighted by atomic mass is 16.5. The van der Waals surface area contributed by atoms with E-state index in [9.17, 15) is 9.59 Å². The van der Waals surface area contributed by atoms with Crippen LogP contribution >= 0.6 is 0 Å². The molecule has 2 heterocycles. The number of carbonyl (C=O) groups excluding carboxylic acids is 1. The molecule has 5 aromatic rings. The first-order valence-corrected chi connectivity index (χ1v) is 11.0. The topological polar surface area (TPSA) is 94.3 Å². The van der Waals surface area contributed by atoms with Gasteiger partial charge >= 0.3 is 6.01 Å². The van der Waals surface area contributed by atoms with Gasteiger partial charge in [-0.25, -0.2) is 9.97 Å². The molecule has 0 atom stereocenters. The van der Waals surface area contributed by atoms with Crippen LogP contribution in [-0.4, -0.2) is 15.9 Å². The molecule has 2 aromatic heterocycles. The molecular formula is C28H21N3O4. The Morgan fingerprint density at radius 2 is 1.69 bits per heavy atom. The maximum Gasteiger partial charge on any atom is 0.321 e. The van der Waals surface area contributed by atoms with Crippen molar-refractivity contribution in [2.75, 3.05) is 5.32 Å². The molecule has 1 amide bonds. The first-order valence-electron chi connectivity index (χ1n) is 11.0. The maximum atomic E-state index is 13.3. The number of ether oxygens (including phenoxy) is 1. The minimum absolute atomic E-state index is 0.166. The zero-order valence-electron chi connectivity index (χ0n) is 19.1. The van der Waals surface area contributed by atoms with E-state index in [1.165, 1.54) is 0 Å². The Hall–Kier alpha value is -4.78.